The molecular weight excluding hydrogens is 206 g/mol. The molecule has 0 aliphatic heterocycles. The summed E-state index contributed by atoms with van der Waals surface area (Å²) >= 11 is 0. The Kier molecular flexibility index (Phi) is 2.78. The Balaban J connectivity index is 2.43. The van der Waals surface area contributed by atoms with E-state index < -0.39 is 0 Å². The molecule has 82 valence electrons. The van der Waals surface area contributed by atoms with Gasteiger partial charge in [0, 0.05) is 18.6 Å². The highest BCUT2D eigenvalue weighted by molar-refractivity contribution is 5.94. The van der Waals surface area contributed by atoms with Crippen LogP contribution >= 0.6 is 0 Å². The number of carbonyl (C=O) groups is 1. The fourth-order valence-corrected chi connectivity index (χ4v) is 1.34. The lowest BCUT2D eigenvalue weighted by atomic mass is 10.2. The van der Waals surface area contributed by atoms with Gasteiger partial charge in [-0.3, -0.25) is 14.6 Å². The van der Waals surface area contributed by atoms with Gasteiger partial charge < -0.3 is 0 Å². The highest BCUT2D eigenvalue weighted by Crippen LogP contribution is 2.11. The van der Waals surface area contributed by atoms with Crippen LogP contribution in [0.1, 0.15) is 10.5 Å². The second-order valence-corrected chi connectivity index (χ2v) is 3.25. The Labute approximate surface area is 92.6 Å². The molecule has 0 bridgehead atoms. The molecule has 0 atom stereocenters. The maximum atomic E-state index is 11.7. The first-order valence-corrected chi connectivity index (χ1v) is 4.75. The van der Waals surface area contributed by atoms with Crippen LogP contribution in [-0.4, -0.2) is 35.1 Å². The van der Waals surface area contributed by atoms with Gasteiger partial charge in [0.05, 0.1) is 18.8 Å². The number of rotatable bonds is 2. The largest absolute Gasteiger partial charge is 0.295 e. The third-order valence-corrected chi connectivity index (χ3v) is 2.27. The molecule has 2 aromatic heterocycles. The zero-order valence-corrected chi connectivity index (χ0v) is 9.04. The molecule has 1 amide bonds. The Hall–Kier alpha value is -2.01. The number of carbonyl (C=O) groups excluding carboxylic acids is 1. The molecule has 0 aliphatic carbocycles. The van der Waals surface area contributed by atoms with Crippen LogP contribution in [0.4, 0.5) is 0 Å². The first-order chi connectivity index (χ1) is 7.72. The Morgan fingerprint density at radius 1 is 1.44 bits per heavy atom. The van der Waals surface area contributed by atoms with E-state index in [1.807, 2.05) is 12.1 Å². The Morgan fingerprint density at radius 3 is 3.00 bits per heavy atom. The van der Waals surface area contributed by atoms with Gasteiger partial charge in [0.1, 0.15) is 5.69 Å². The first kappa shape index (κ1) is 10.5. The minimum atomic E-state index is -0.284. The van der Waals surface area contributed by atoms with E-state index in [2.05, 4.69) is 9.97 Å². The minimum Gasteiger partial charge on any atom is -0.274 e. The topological polar surface area (TPSA) is 55.3 Å². The molecule has 0 aromatic carbocycles. The van der Waals surface area contributed by atoms with Crippen molar-refractivity contribution in [1.29, 1.82) is 0 Å². The molecule has 0 saturated carbocycles. The van der Waals surface area contributed by atoms with Crippen molar-refractivity contribution in [3.63, 3.8) is 0 Å². The minimum absolute atomic E-state index is 0.284. The highest BCUT2D eigenvalue weighted by atomic mass is 16.7. The van der Waals surface area contributed by atoms with Gasteiger partial charge in [0.25, 0.3) is 5.91 Å². The lowest BCUT2D eigenvalue weighted by Gasteiger charge is -2.12. The van der Waals surface area contributed by atoms with Gasteiger partial charge in [-0.2, -0.15) is 0 Å². The monoisotopic (exact) mass is 217 g/mol. The van der Waals surface area contributed by atoms with Crippen LogP contribution in [0.15, 0.2) is 30.6 Å². The maximum absolute atomic E-state index is 11.7. The summed E-state index contributed by atoms with van der Waals surface area (Å²) in [5.74, 6) is -0.284. The fourth-order valence-electron chi connectivity index (χ4n) is 1.34. The predicted molar refractivity (Wildman–Crippen MR) is 58.6 cm³/mol. The number of aromatic nitrogens is 2. The summed E-state index contributed by atoms with van der Waals surface area (Å²) in [5.41, 5.74) is 1.10. The van der Waals surface area contributed by atoms with Gasteiger partial charge in [-0.1, -0.05) is 6.07 Å². The van der Waals surface area contributed by atoms with Crippen LogP contribution in [0.3, 0.4) is 0 Å². The van der Waals surface area contributed by atoms with E-state index in [9.17, 15) is 4.79 Å². The SMILES string of the molecule is CON(C)C(=O)c1cc2cccnc2cn1. The van der Waals surface area contributed by atoms with Crippen molar-refractivity contribution in [2.75, 3.05) is 14.2 Å². The third kappa shape index (κ3) is 1.85. The first-order valence-electron chi connectivity index (χ1n) is 4.75. The lowest BCUT2D eigenvalue weighted by Crippen LogP contribution is -2.26. The number of amides is 1. The molecule has 2 heterocycles. The third-order valence-electron chi connectivity index (χ3n) is 2.27. The second kappa shape index (κ2) is 4.24. The summed E-state index contributed by atoms with van der Waals surface area (Å²) < 4.78 is 0. The summed E-state index contributed by atoms with van der Waals surface area (Å²) in [7, 11) is 2.97. The predicted octanol–water partition coefficient (Wildman–Crippen LogP) is 1.26. The Bertz CT molecular complexity index is 527. The smallest absolute Gasteiger partial charge is 0.274 e. The molecule has 2 rings (SSSR count). The number of pyridine rings is 2. The molecule has 5 nitrogen and oxygen atoms in total. The second-order valence-electron chi connectivity index (χ2n) is 3.25. The summed E-state index contributed by atoms with van der Waals surface area (Å²) in [5, 5.41) is 2.01. The maximum Gasteiger partial charge on any atom is 0.295 e. The average Bonchev–Trinajstić information content (AvgIpc) is 2.36. The lowest BCUT2D eigenvalue weighted by molar-refractivity contribution is -0.0760. The molecule has 0 spiro atoms. The standard InChI is InChI=1S/C11H11N3O2/c1-14(16-2)11(15)9-6-8-4-3-5-12-10(8)7-13-9/h3-7H,1-2H3. The zero-order valence-electron chi connectivity index (χ0n) is 9.04. The number of hydrogen-bond donors (Lipinski definition) is 0. The summed E-state index contributed by atoms with van der Waals surface area (Å²) in [6.45, 7) is 0. The molecular formula is C11H11N3O2. The number of fused-ring (bicyclic) bond motifs is 1. The van der Waals surface area contributed by atoms with Crippen molar-refractivity contribution in [3.05, 3.63) is 36.3 Å². The van der Waals surface area contributed by atoms with Crippen molar-refractivity contribution in [1.82, 2.24) is 15.0 Å². The number of hydroxylamine groups is 2. The van der Waals surface area contributed by atoms with Crippen LogP contribution in [-0.2, 0) is 4.84 Å². The zero-order chi connectivity index (χ0) is 11.5. The average molecular weight is 217 g/mol. The van der Waals surface area contributed by atoms with Crippen molar-refractivity contribution >= 4 is 16.8 Å². The van der Waals surface area contributed by atoms with Gasteiger partial charge >= 0.3 is 0 Å². The van der Waals surface area contributed by atoms with Crippen molar-refractivity contribution < 1.29 is 9.63 Å². The van der Waals surface area contributed by atoms with Crippen LogP contribution in [0.5, 0.6) is 0 Å². The van der Waals surface area contributed by atoms with E-state index in [0.717, 1.165) is 16.0 Å². The molecule has 0 fully saturated rings. The quantitative estimate of drug-likeness (QED) is 0.711. The molecule has 5 heteroatoms. The van der Waals surface area contributed by atoms with Crippen LogP contribution in [0.25, 0.3) is 10.9 Å². The van der Waals surface area contributed by atoms with E-state index in [1.54, 1.807) is 18.5 Å². The highest BCUT2D eigenvalue weighted by Gasteiger charge is 2.13. The fraction of sp³-hybridized carbons (Fsp3) is 0.182. The normalized spacial score (nSPS) is 10.4. The van der Waals surface area contributed by atoms with Gasteiger partial charge in [-0.15, -0.1) is 0 Å². The molecule has 0 radical (unpaired) electrons. The van der Waals surface area contributed by atoms with Crippen LogP contribution in [0, 0.1) is 0 Å². The van der Waals surface area contributed by atoms with E-state index >= 15 is 0 Å². The molecule has 0 aliphatic rings. The molecule has 2 aromatic rings. The number of hydrogen-bond acceptors (Lipinski definition) is 4. The number of nitrogens with zero attached hydrogens (tertiary/aromatic N) is 3. The van der Waals surface area contributed by atoms with Gasteiger partial charge in [0.2, 0.25) is 0 Å². The van der Waals surface area contributed by atoms with Crippen molar-refractivity contribution in [3.8, 4) is 0 Å². The van der Waals surface area contributed by atoms with Crippen LogP contribution in [0.2, 0.25) is 0 Å². The summed E-state index contributed by atoms with van der Waals surface area (Å²) in [4.78, 5) is 24.7. The van der Waals surface area contributed by atoms with E-state index in [0.29, 0.717) is 5.69 Å². The molecule has 0 N–H and O–H groups in total. The van der Waals surface area contributed by atoms with Crippen molar-refractivity contribution in [2.45, 2.75) is 0 Å². The van der Waals surface area contributed by atoms with Crippen LogP contribution < -0.4 is 0 Å². The molecule has 0 unspecified atom stereocenters. The van der Waals surface area contributed by atoms with Gasteiger partial charge in [0.15, 0.2) is 0 Å². The molecule has 16 heavy (non-hydrogen) atoms. The summed E-state index contributed by atoms with van der Waals surface area (Å²) in [6, 6.07) is 5.39. The summed E-state index contributed by atoms with van der Waals surface area (Å²) in [6.07, 6.45) is 3.26. The van der Waals surface area contributed by atoms with Gasteiger partial charge in [-0.05, 0) is 12.1 Å². The van der Waals surface area contributed by atoms with Crippen molar-refractivity contribution in [2.24, 2.45) is 0 Å². The van der Waals surface area contributed by atoms with E-state index in [4.69, 9.17) is 4.84 Å². The molecule has 0 saturated heterocycles. The van der Waals surface area contributed by atoms with Gasteiger partial charge in [-0.25, -0.2) is 10.0 Å². The van der Waals surface area contributed by atoms with E-state index in [-0.39, 0.29) is 5.91 Å². The Morgan fingerprint density at radius 2 is 2.25 bits per heavy atom. The van der Waals surface area contributed by atoms with E-state index in [1.165, 1.54) is 14.2 Å².